The number of amides is 1. The molecule has 0 aliphatic carbocycles. The molecule has 0 saturated carbocycles. The second-order valence-electron chi connectivity index (χ2n) is 8.77. The highest BCUT2D eigenvalue weighted by atomic mass is 19.1. The molecule has 0 spiro atoms. The Morgan fingerprint density at radius 1 is 1.12 bits per heavy atom. The molecule has 2 aromatic rings. The van der Waals surface area contributed by atoms with Crippen molar-refractivity contribution in [1.29, 1.82) is 0 Å². The summed E-state index contributed by atoms with van der Waals surface area (Å²) in [6, 6.07) is 4.38. The number of carboxylic acid groups (broad SMARTS) is 1. The van der Waals surface area contributed by atoms with E-state index in [2.05, 4.69) is 17.2 Å². The highest BCUT2D eigenvalue weighted by molar-refractivity contribution is 5.83. The Balaban J connectivity index is 2.57. The minimum absolute atomic E-state index is 0.0470. The van der Waals surface area contributed by atoms with E-state index in [1.54, 1.807) is 26.0 Å². The van der Waals surface area contributed by atoms with Crippen LogP contribution in [-0.2, 0) is 9.59 Å². The summed E-state index contributed by atoms with van der Waals surface area (Å²) in [6.45, 7) is 12.5. The minimum Gasteiger partial charge on any atom is -0.481 e. The van der Waals surface area contributed by atoms with Gasteiger partial charge in [-0.3, -0.25) is 9.59 Å². The van der Waals surface area contributed by atoms with Crippen LogP contribution in [0.15, 0.2) is 37.0 Å². The van der Waals surface area contributed by atoms with Crippen molar-refractivity contribution in [3.63, 3.8) is 0 Å². The van der Waals surface area contributed by atoms with Crippen molar-refractivity contribution < 1.29 is 23.5 Å². The lowest BCUT2D eigenvalue weighted by Crippen LogP contribution is -2.44. The van der Waals surface area contributed by atoms with Crippen molar-refractivity contribution in [3.8, 4) is 11.1 Å². The Bertz CT molecular complexity index is 1050. The van der Waals surface area contributed by atoms with Gasteiger partial charge in [0.25, 0.3) is 0 Å². The van der Waals surface area contributed by atoms with E-state index in [9.17, 15) is 19.1 Å². The Morgan fingerprint density at radius 3 is 2.36 bits per heavy atom. The lowest BCUT2D eigenvalue weighted by atomic mass is 9.90. The molecule has 2 atom stereocenters. The maximum absolute atomic E-state index is 15.2. The third-order valence-electron chi connectivity index (χ3n) is 5.59. The molecule has 33 heavy (non-hydrogen) atoms. The third-order valence-corrected chi connectivity index (χ3v) is 5.59. The molecule has 0 aliphatic heterocycles. The monoisotopic (exact) mass is 458 g/mol. The summed E-state index contributed by atoms with van der Waals surface area (Å²) in [5, 5.41) is 15.0. The molecule has 1 unspecified atom stereocenters. The fourth-order valence-electron chi connectivity index (χ4n) is 4.01. The van der Waals surface area contributed by atoms with Crippen molar-refractivity contribution in [2.24, 2.45) is 5.92 Å². The number of nitrogens with one attached hydrogen (secondary N) is 2. The molecule has 7 heteroatoms. The van der Waals surface area contributed by atoms with Crippen LogP contribution in [0.1, 0.15) is 55.0 Å². The predicted molar refractivity (Wildman–Crippen MR) is 126 cm³/mol. The van der Waals surface area contributed by atoms with Gasteiger partial charge in [0.1, 0.15) is 17.7 Å². The molecular formula is C26H32F2N2O3. The van der Waals surface area contributed by atoms with Gasteiger partial charge in [0.05, 0.1) is 12.5 Å². The number of benzene rings is 2. The van der Waals surface area contributed by atoms with E-state index in [4.69, 9.17) is 0 Å². The first-order valence-electron chi connectivity index (χ1n) is 10.9. The average molecular weight is 459 g/mol. The molecule has 3 N–H and O–H groups in total. The van der Waals surface area contributed by atoms with Crippen LogP contribution in [0.5, 0.6) is 0 Å². The molecule has 2 rings (SSSR count). The third kappa shape index (κ3) is 6.40. The summed E-state index contributed by atoms with van der Waals surface area (Å²) in [7, 11) is 0. The van der Waals surface area contributed by atoms with Gasteiger partial charge in [-0.2, -0.15) is 0 Å². The van der Waals surface area contributed by atoms with E-state index in [0.717, 1.165) is 5.56 Å². The van der Waals surface area contributed by atoms with Crippen LogP contribution < -0.4 is 10.6 Å². The Kier molecular flexibility index (Phi) is 8.74. The van der Waals surface area contributed by atoms with Crippen LogP contribution in [0.4, 0.5) is 8.78 Å². The van der Waals surface area contributed by atoms with Gasteiger partial charge >= 0.3 is 5.97 Å². The van der Waals surface area contributed by atoms with Gasteiger partial charge in [0, 0.05) is 5.56 Å². The van der Waals surface area contributed by atoms with Crippen molar-refractivity contribution in [2.45, 2.75) is 59.5 Å². The first-order valence-corrected chi connectivity index (χ1v) is 10.9. The van der Waals surface area contributed by atoms with Crippen molar-refractivity contribution >= 4 is 11.9 Å². The summed E-state index contributed by atoms with van der Waals surface area (Å²) in [5.74, 6) is -2.43. The Hall–Kier alpha value is -3.22. The lowest BCUT2D eigenvalue weighted by Gasteiger charge is -2.25. The maximum atomic E-state index is 15.2. The van der Waals surface area contributed by atoms with E-state index >= 15 is 4.39 Å². The molecule has 1 amide bonds. The largest absolute Gasteiger partial charge is 0.481 e. The molecule has 0 radical (unpaired) electrons. The Labute approximate surface area is 193 Å². The maximum Gasteiger partial charge on any atom is 0.305 e. The van der Waals surface area contributed by atoms with E-state index in [1.165, 1.54) is 18.3 Å². The summed E-state index contributed by atoms with van der Waals surface area (Å²) in [5.41, 5.74) is 2.72. The zero-order chi connectivity index (χ0) is 24.9. The molecule has 5 nitrogen and oxygen atoms in total. The summed E-state index contributed by atoms with van der Waals surface area (Å²) in [4.78, 5) is 24.5. The van der Waals surface area contributed by atoms with Crippen LogP contribution in [0.2, 0.25) is 0 Å². The van der Waals surface area contributed by atoms with Crippen molar-refractivity contribution in [3.05, 3.63) is 70.9 Å². The molecular weight excluding hydrogens is 426 g/mol. The summed E-state index contributed by atoms with van der Waals surface area (Å²) in [6.07, 6.45) is 1.38. The van der Waals surface area contributed by atoms with Crippen LogP contribution in [0.25, 0.3) is 11.1 Å². The van der Waals surface area contributed by atoms with Gasteiger partial charge in [-0.25, -0.2) is 8.78 Å². The van der Waals surface area contributed by atoms with Gasteiger partial charge < -0.3 is 15.7 Å². The van der Waals surface area contributed by atoms with Crippen LogP contribution in [0, 0.1) is 38.3 Å². The fraction of sp³-hybridized carbons (Fsp3) is 0.385. The number of hydrogen-bond acceptors (Lipinski definition) is 3. The fourth-order valence-corrected chi connectivity index (χ4v) is 4.01. The topological polar surface area (TPSA) is 78.4 Å². The molecule has 0 saturated heterocycles. The number of carbonyl (C=O) groups excluding carboxylic acids is 1. The first kappa shape index (κ1) is 26.0. The first-order chi connectivity index (χ1) is 15.5. The number of carbonyl (C=O) groups is 2. The minimum atomic E-state index is -1.18. The van der Waals surface area contributed by atoms with E-state index < -0.39 is 36.2 Å². The highest BCUT2D eigenvalue weighted by Gasteiger charge is 2.27. The Morgan fingerprint density at radius 2 is 1.79 bits per heavy atom. The van der Waals surface area contributed by atoms with Crippen molar-refractivity contribution in [1.82, 2.24) is 10.6 Å². The highest BCUT2D eigenvalue weighted by Crippen LogP contribution is 2.34. The smallest absolute Gasteiger partial charge is 0.305 e. The van der Waals surface area contributed by atoms with Gasteiger partial charge in [-0.05, 0) is 85.3 Å². The van der Waals surface area contributed by atoms with E-state index in [0.29, 0.717) is 23.1 Å². The number of hydrogen-bond donors (Lipinski definition) is 3. The quantitative estimate of drug-likeness (QED) is 0.449. The lowest BCUT2D eigenvalue weighted by molar-refractivity contribution is -0.137. The predicted octanol–water partition coefficient (Wildman–Crippen LogP) is 5.34. The van der Waals surface area contributed by atoms with E-state index in [1.807, 2.05) is 20.8 Å². The van der Waals surface area contributed by atoms with Gasteiger partial charge in [-0.1, -0.05) is 26.5 Å². The molecule has 2 aromatic carbocycles. The summed E-state index contributed by atoms with van der Waals surface area (Å²) < 4.78 is 29.5. The van der Waals surface area contributed by atoms with Gasteiger partial charge in [0.2, 0.25) is 5.91 Å². The van der Waals surface area contributed by atoms with Gasteiger partial charge in [0.15, 0.2) is 0 Å². The van der Waals surface area contributed by atoms with E-state index in [-0.39, 0.29) is 22.9 Å². The number of rotatable bonds is 10. The van der Waals surface area contributed by atoms with Crippen LogP contribution in [-0.4, -0.2) is 23.0 Å². The van der Waals surface area contributed by atoms with Crippen LogP contribution in [0.3, 0.4) is 0 Å². The SMILES string of the molecule is C=CNC(CC(C)C)C(=O)N[C@@H](CC(=O)O)c1cc(-c2c(C)ccc(F)c2C)cc(C)c1F. The standard InChI is InChI=1S/C26H32F2N2O3/c1-7-29-22(10-14(2)3)26(33)30-21(13-23(31)32)19-12-18(11-16(5)25(19)28)24-15(4)8-9-20(27)17(24)6/h7-9,11-12,14,21-22,29H,1,10,13H2,2-6H3,(H,30,33)(H,31,32)/t21-,22?/m0/s1. The molecule has 178 valence electrons. The number of halogens is 2. The number of aryl methyl sites for hydroxylation is 2. The second-order valence-corrected chi connectivity index (χ2v) is 8.77. The zero-order valence-electron chi connectivity index (χ0n) is 19.8. The molecule has 0 aliphatic rings. The van der Waals surface area contributed by atoms with Gasteiger partial charge in [-0.15, -0.1) is 0 Å². The molecule has 0 bridgehead atoms. The average Bonchev–Trinajstić information content (AvgIpc) is 2.72. The number of carboxylic acids is 1. The second kappa shape index (κ2) is 11.1. The molecule has 0 fully saturated rings. The normalized spacial score (nSPS) is 12.8. The molecule has 0 heterocycles. The zero-order valence-corrected chi connectivity index (χ0v) is 19.8. The number of aliphatic carboxylic acids is 1. The summed E-state index contributed by atoms with van der Waals surface area (Å²) >= 11 is 0. The molecule has 0 aromatic heterocycles. The van der Waals surface area contributed by atoms with Crippen molar-refractivity contribution in [2.75, 3.05) is 0 Å². The van der Waals surface area contributed by atoms with Crippen LogP contribution >= 0.6 is 0 Å².